The first-order valence-electron chi connectivity index (χ1n) is 15.3. The molecule has 1 amide bonds. The summed E-state index contributed by atoms with van der Waals surface area (Å²) in [5.74, 6) is -0.0865. The van der Waals surface area contributed by atoms with Gasteiger partial charge in [0.2, 0.25) is 5.91 Å². The van der Waals surface area contributed by atoms with Gasteiger partial charge in [-0.1, -0.05) is 110 Å². The van der Waals surface area contributed by atoms with Gasteiger partial charge in [0.05, 0.1) is 6.33 Å². The first-order chi connectivity index (χ1) is 18.4. The van der Waals surface area contributed by atoms with E-state index in [-0.39, 0.29) is 5.91 Å². The topological polar surface area (TPSA) is 90.9 Å². The van der Waals surface area contributed by atoms with E-state index < -0.39 is 17.4 Å². The Morgan fingerprint density at radius 3 is 1.84 bits per heavy atom. The van der Waals surface area contributed by atoms with Crippen LogP contribution >= 0.6 is 0 Å². The van der Waals surface area contributed by atoms with Crippen LogP contribution < -0.4 is 16.6 Å². The lowest BCUT2D eigenvalue weighted by atomic mass is 10.1. The summed E-state index contributed by atoms with van der Waals surface area (Å²) >= 11 is 0. The number of fused-ring (bicyclic) bond motifs is 1. The summed E-state index contributed by atoms with van der Waals surface area (Å²) in [5, 5.41) is 3.04. The number of hydrogen-bond donors (Lipinski definition) is 1. The maximum Gasteiger partial charge on any atom is 0.334 e. The highest BCUT2D eigenvalue weighted by Crippen LogP contribution is 2.16. The fourth-order valence-corrected chi connectivity index (χ4v) is 5.23. The third-order valence-corrected chi connectivity index (χ3v) is 7.63. The van der Waals surface area contributed by atoms with Gasteiger partial charge in [-0.15, -0.1) is 0 Å². The van der Waals surface area contributed by atoms with Crippen LogP contribution in [0.3, 0.4) is 0 Å². The van der Waals surface area contributed by atoms with Crippen molar-refractivity contribution in [3.05, 3.63) is 27.2 Å². The van der Waals surface area contributed by atoms with E-state index in [1.54, 1.807) is 25.0 Å². The molecule has 8 heteroatoms. The molecule has 0 aliphatic rings. The molecule has 38 heavy (non-hydrogen) atoms. The molecule has 0 saturated carbocycles. The zero-order valence-corrected chi connectivity index (χ0v) is 24.6. The van der Waals surface area contributed by atoms with Gasteiger partial charge in [0.25, 0.3) is 5.56 Å². The molecule has 0 aliphatic carbocycles. The Morgan fingerprint density at radius 2 is 1.29 bits per heavy atom. The first kappa shape index (κ1) is 31.8. The van der Waals surface area contributed by atoms with Gasteiger partial charge in [-0.3, -0.25) is 14.2 Å². The molecule has 1 N–H and O–H groups in total. The number of imidazole rings is 1. The van der Waals surface area contributed by atoms with Gasteiger partial charge in [0.1, 0.15) is 6.17 Å². The number of hydrogen-bond acceptors (Lipinski definition) is 4. The molecule has 8 nitrogen and oxygen atoms in total. The molecule has 0 fully saturated rings. The van der Waals surface area contributed by atoms with Gasteiger partial charge < -0.3 is 9.88 Å². The number of amides is 1. The van der Waals surface area contributed by atoms with Crippen LogP contribution in [0.25, 0.3) is 11.2 Å². The minimum Gasteiger partial charge on any atom is -0.335 e. The van der Waals surface area contributed by atoms with Crippen molar-refractivity contribution in [1.29, 1.82) is 0 Å². The number of aryl methyl sites for hydroxylation is 2. The predicted octanol–water partition coefficient (Wildman–Crippen LogP) is 6.50. The summed E-state index contributed by atoms with van der Waals surface area (Å²) in [6.45, 7) is 4.45. The van der Waals surface area contributed by atoms with E-state index >= 15 is 0 Å². The Balaban J connectivity index is 1.98. The summed E-state index contributed by atoms with van der Waals surface area (Å²) in [6.07, 6.45) is 21.9. The lowest BCUT2D eigenvalue weighted by molar-refractivity contribution is -0.122. The highest BCUT2D eigenvalue weighted by Gasteiger charge is 2.22. The molecule has 0 radical (unpaired) electrons. The predicted molar refractivity (Wildman–Crippen MR) is 156 cm³/mol. The average Bonchev–Trinajstić information content (AvgIpc) is 3.29. The largest absolute Gasteiger partial charge is 0.335 e. The van der Waals surface area contributed by atoms with Crippen molar-refractivity contribution in [3.8, 4) is 0 Å². The maximum absolute atomic E-state index is 13.4. The maximum atomic E-state index is 13.4. The van der Waals surface area contributed by atoms with Crippen molar-refractivity contribution in [2.75, 3.05) is 0 Å². The second kappa shape index (κ2) is 18.0. The normalized spacial score (nSPS) is 12.3. The van der Waals surface area contributed by atoms with E-state index in [2.05, 4.69) is 24.1 Å². The number of unbranched alkanes of at least 4 members (excludes halogenated alkanes) is 15. The number of nitrogens with zero attached hydrogens (tertiary/aromatic N) is 4. The van der Waals surface area contributed by atoms with Crippen molar-refractivity contribution in [3.63, 3.8) is 0 Å². The number of rotatable bonds is 21. The number of carbonyl (C=O) groups is 1. The molecule has 2 aromatic heterocycles. The first-order valence-corrected chi connectivity index (χ1v) is 15.3. The summed E-state index contributed by atoms with van der Waals surface area (Å²) < 4.78 is 4.29. The molecule has 1 unspecified atom stereocenters. The van der Waals surface area contributed by atoms with E-state index in [1.807, 2.05) is 0 Å². The van der Waals surface area contributed by atoms with Gasteiger partial charge >= 0.3 is 5.69 Å². The van der Waals surface area contributed by atoms with E-state index in [1.165, 1.54) is 79.8 Å². The molecule has 2 heterocycles. The van der Waals surface area contributed by atoms with Crippen molar-refractivity contribution < 1.29 is 4.79 Å². The molecule has 216 valence electrons. The SMILES string of the molecule is CCCCCCCCCCCC(=O)NC(CCCCCCCCCC)n1c(=O)c2c(ncn2C)n(C)c1=O. The molecule has 2 aromatic rings. The summed E-state index contributed by atoms with van der Waals surface area (Å²) in [5.41, 5.74) is -0.0861. The average molecular weight is 532 g/mol. The molecule has 1 atom stereocenters. The third kappa shape index (κ3) is 10.1. The number of carbonyl (C=O) groups excluding carboxylic acids is 1. The Kier molecular flexibility index (Phi) is 15.1. The minimum atomic E-state index is -0.647. The fourth-order valence-electron chi connectivity index (χ4n) is 5.23. The van der Waals surface area contributed by atoms with Gasteiger partial charge in [-0.05, 0) is 19.3 Å². The summed E-state index contributed by atoms with van der Waals surface area (Å²) in [6, 6.07) is 0. The standard InChI is InChI=1S/C30H53N5O3/c1-5-7-9-11-13-15-17-19-21-23-26(36)32-25(22-20-18-16-14-12-10-8-6-2)35-29(37)27-28(31-24-33(27)3)34(4)30(35)38/h24-25H,5-23H2,1-4H3,(H,32,36). The highest BCUT2D eigenvalue weighted by molar-refractivity contribution is 5.76. The quantitative estimate of drug-likeness (QED) is 0.186. The lowest BCUT2D eigenvalue weighted by Crippen LogP contribution is -2.47. The van der Waals surface area contributed by atoms with E-state index in [4.69, 9.17) is 0 Å². The lowest BCUT2D eigenvalue weighted by Gasteiger charge is -2.21. The third-order valence-electron chi connectivity index (χ3n) is 7.63. The van der Waals surface area contributed by atoms with Crippen molar-refractivity contribution >= 4 is 17.1 Å². The Hall–Kier alpha value is -2.38. The van der Waals surface area contributed by atoms with Crippen LogP contribution in [-0.4, -0.2) is 24.6 Å². The van der Waals surface area contributed by atoms with Crippen molar-refractivity contribution in [2.24, 2.45) is 14.1 Å². The van der Waals surface area contributed by atoms with Gasteiger partial charge in [-0.2, -0.15) is 0 Å². The minimum absolute atomic E-state index is 0.0865. The van der Waals surface area contributed by atoms with Crippen LogP contribution in [0.2, 0.25) is 0 Å². The fraction of sp³-hybridized carbons (Fsp3) is 0.800. The van der Waals surface area contributed by atoms with Crippen LogP contribution in [0.15, 0.2) is 15.9 Å². The summed E-state index contributed by atoms with van der Waals surface area (Å²) in [4.78, 5) is 43.8. The summed E-state index contributed by atoms with van der Waals surface area (Å²) in [7, 11) is 3.38. The molecular formula is C30H53N5O3. The zero-order valence-electron chi connectivity index (χ0n) is 24.6. The Bertz CT molecular complexity index is 1070. The van der Waals surface area contributed by atoms with Crippen molar-refractivity contribution in [2.45, 2.75) is 142 Å². The second-order valence-electron chi connectivity index (χ2n) is 11.0. The second-order valence-corrected chi connectivity index (χ2v) is 11.0. The Labute approximate surface area is 229 Å². The van der Waals surface area contributed by atoms with Crippen LogP contribution in [0.1, 0.15) is 142 Å². The van der Waals surface area contributed by atoms with Crippen LogP contribution in [0.4, 0.5) is 0 Å². The molecule has 0 spiro atoms. The van der Waals surface area contributed by atoms with Crippen LogP contribution in [0.5, 0.6) is 0 Å². The van der Waals surface area contributed by atoms with E-state index in [0.717, 1.165) is 38.5 Å². The van der Waals surface area contributed by atoms with Gasteiger partial charge in [0, 0.05) is 20.5 Å². The van der Waals surface area contributed by atoms with Gasteiger partial charge in [0.15, 0.2) is 11.2 Å². The van der Waals surface area contributed by atoms with Crippen LogP contribution in [-0.2, 0) is 18.9 Å². The zero-order chi connectivity index (χ0) is 27.8. The van der Waals surface area contributed by atoms with Crippen LogP contribution in [0, 0.1) is 0 Å². The van der Waals surface area contributed by atoms with E-state index in [9.17, 15) is 14.4 Å². The molecule has 0 aliphatic heterocycles. The molecule has 0 aromatic carbocycles. The molecule has 0 saturated heterocycles. The number of aromatic nitrogens is 4. The monoisotopic (exact) mass is 531 g/mol. The highest BCUT2D eigenvalue weighted by atomic mass is 16.2. The van der Waals surface area contributed by atoms with E-state index in [0.29, 0.717) is 24.0 Å². The molecule has 0 bridgehead atoms. The van der Waals surface area contributed by atoms with Crippen molar-refractivity contribution in [1.82, 2.24) is 24.0 Å². The molecular weight excluding hydrogens is 478 g/mol. The smallest absolute Gasteiger partial charge is 0.334 e. The van der Waals surface area contributed by atoms with Gasteiger partial charge in [-0.25, -0.2) is 14.3 Å². The molecule has 2 rings (SSSR count). The number of nitrogens with one attached hydrogen (secondary N) is 1. The Morgan fingerprint density at radius 1 is 0.789 bits per heavy atom.